The number of hydrogen-bond donors (Lipinski definition) is 1. The van der Waals surface area contributed by atoms with Crippen LogP contribution in [0, 0.1) is 0 Å². The molecule has 0 bridgehead atoms. The van der Waals surface area contributed by atoms with Gasteiger partial charge in [-0.3, -0.25) is 9.36 Å². The fourth-order valence-electron chi connectivity index (χ4n) is 4.70. The van der Waals surface area contributed by atoms with Crippen molar-refractivity contribution in [2.24, 2.45) is 0 Å². The number of aromatic nitrogens is 2. The third-order valence-corrected chi connectivity index (χ3v) is 6.66. The summed E-state index contributed by atoms with van der Waals surface area (Å²) in [5.74, 6) is -0.154. The molecule has 1 amide bonds. The van der Waals surface area contributed by atoms with Gasteiger partial charge in [-0.15, -0.1) is 0 Å². The largest absolute Gasteiger partial charge is 0.374 e. The van der Waals surface area contributed by atoms with Crippen LogP contribution in [0.4, 0.5) is 5.82 Å². The van der Waals surface area contributed by atoms with Crippen LogP contribution >= 0.6 is 0 Å². The summed E-state index contributed by atoms with van der Waals surface area (Å²) < 4.78 is 26.8. The minimum atomic E-state index is -0.837. The lowest BCUT2D eigenvalue weighted by atomic mass is 10.1. The van der Waals surface area contributed by atoms with Crippen molar-refractivity contribution in [1.82, 2.24) is 9.55 Å². The second kappa shape index (κ2) is 14.0. The molecule has 1 aliphatic rings. The van der Waals surface area contributed by atoms with Crippen LogP contribution in [0.3, 0.4) is 0 Å². The lowest BCUT2D eigenvalue weighted by Gasteiger charge is -2.25. The van der Waals surface area contributed by atoms with Crippen LogP contribution in [0.2, 0.25) is 0 Å². The van der Waals surface area contributed by atoms with Crippen LogP contribution in [0.5, 0.6) is 0 Å². The normalized spacial score (nSPS) is 20.1. The van der Waals surface area contributed by atoms with E-state index in [9.17, 15) is 9.59 Å². The molecule has 1 fully saturated rings. The fraction of sp³-hybridized carbons (Fsp3) is 0.281. The first-order chi connectivity index (χ1) is 20.1. The van der Waals surface area contributed by atoms with E-state index in [1.165, 1.54) is 11.5 Å². The highest BCUT2D eigenvalue weighted by Gasteiger charge is 2.48. The minimum absolute atomic E-state index is 0.165. The molecule has 0 aliphatic carbocycles. The number of nitrogens with one attached hydrogen (secondary N) is 1. The molecule has 3 aromatic carbocycles. The molecule has 4 atom stereocenters. The quantitative estimate of drug-likeness (QED) is 0.275. The Hall–Kier alpha value is -4.15. The maximum Gasteiger partial charge on any atom is 0.351 e. The number of hydrogen-bond acceptors (Lipinski definition) is 7. The van der Waals surface area contributed by atoms with Crippen LogP contribution in [0.25, 0.3) is 0 Å². The molecule has 0 spiro atoms. The predicted octanol–water partition coefficient (Wildman–Crippen LogP) is 4.49. The Morgan fingerprint density at radius 2 is 1.34 bits per heavy atom. The second-order valence-electron chi connectivity index (χ2n) is 9.77. The van der Waals surface area contributed by atoms with Crippen molar-refractivity contribution in [3.63, 3.8) is 0 Å². The number of carbonyl (C=O) groups excluding carboxylic acids is 1. The SMILES string of the molecule is CC(=O)Nc1ccn([C@@H]2O[C@H](COCc3ccccc3)[C@@H](OCc3ccccc3)[C@@H]2OCc2ccccc2)c(=O)n1. The van der Waals surface area contributed by atoms with E-state index >= 15 is 0 Å². The number of benzene rings is 3. The first kappa shape index (κ1) is 28.4. The van der Waals surface area contributed by atoms with E-state index in [-0.39, 0.29) is 18.3 Å². The lowest BCUT2D eigenvalue weighted by Crippen LogP contribution is -2.40. The summed E-state index contributed by atoms with van der Waals surface area (Å²) in [7, 11) is 0. The molecular weight excluding hydrogens is 522 g/mol. The maximum absolute atomic E-state index is 13.1. The summed E-state index contributed by atoms with van der Waals surface area (Å²) in [6.45, 7) is 2.60. The summed E-state index contributed by atoms with van der Waals surface area (Å²) in [6.07, 6.45) is -1.03. The smallest absolute Gasteiger partial charge is 0.351 e. The Morgan fingerprint density at radius 3 is 1.88 bits per heavy atom. The first-order valence-electron chi connectivity index (χ1n) is 13.5. The van der Waals surface area contributed by atoms with Gasteiger partial charge in [0, 0.05) is 13.1 Å². The van der Waals surface area contributed by atoms with Gasteiger partial charge in [0.05, 0.1) is 26.4 Å². The number of ether oxygens (including phenoxy) is 4. The molecule has 2 heterocycles. The van der Waals surface area contributed by atoms with E-state index < -0.39 is 30.2 Å². The molecule has 0 radical (unpaired) electrons. The maximum atomic E-state index is 13.1. The molecule has 9 nitrogen and oxygen atoms in total. The van der Waals surface area contributed by atoms with Crippen molar-refractivity contribution in [2.45, 2.75) is 51.3 Å². The summed E-state index contributed by atoms with van der Waals surface area (Å²) in [4.78, 5) is 28.6. The Balaban J connectivity index is 1.41. The van der Waals surface area contributed by atoms with Gasteiger partial charge in [0.15, 0.2) is 6.23 Å². The highest BCUT2D eigenvalue weighted by Crippen LogP contribution is 2.34. The Labute approximate surface area is 238 Å². The number of rotatable bonds is 12. The van der Waals surface area contributed by atoms with E-state index in [0.29, 0.717) is 19.8 Å². The molecule has 9 heteroatoms. The molecular formula is C32H33N3O6. The van der Waals surface area contributed by atoms with Gasteiger partial charge >= 0.3 is 5.69 Å². The van der Waals surface area contributed by atoms with Gasteiger partial charge in [0.2, 0.25) is 5.91 Å². The Morgan fingerprint density at radius 1 is 0.805 bits per heavy atom. The standard InChI is InChI=1S/C32H33N3O6/c1-23(36)33-28-17-18-35(32(37)34-28)31-30(40-21-26-15-9-4-10-16-26)29(39-20-25-13-7-3-8-14-25)27(41-31)22-38-19-24-11-5-2-6-12-24/h2-18,27,29-31H,19-22H2,1H3,(H,33,34,36,37)/t27-,29-,30+,31-/m1/s1. The monoisotopic (exact) mass is 555 g/mol. The summed E-state index contributed by atoms with van der Waals surface area (Å²) in [6, 6.07) is 31.1. The average Bonchev–Trinajstić information content (AvgIpc) is 3.33. The van der Waals surface area contributed by atoms with Gasteiger partial charge in [0.1, 0.15) is 24.1 Å². The number of anilines is 1. The van der Waals surface area contributed by atoms with Crippen molar-refractivity contribution < 1.29 is 23.7 Å². The molecule has 212 valence electrons. The van der Waals surface area contributed by atoms with Gasteiger partial charge in [-0.2, -0.15) is 4.98 Å². The van der Waals surface area contributed by atoms with E-state index in [4.69, 9.17) is 18.9 Å². The summed E-state index contributed by atoms with van der Waals surface area (Å²) in [5, 5.41) is 2.54. The molecule has 5 rings (SSSR count). The molecule has 1 saturated heterocycles. The first-order valence-corrected chi connectivity index (χ1v) is 13.5. The highest BCUT2D eigenvalue weighted by atomic mass is 16.6. The third-order valence-electron chi connectivity index (χ3n) is 6.66. The second-order valence-corrected chi connectivity index (χ2v) is 9.77. The van der Waals surface area contributed by atoms with Crippen molar-refractivity contribution in [3.8, 4) is 0 Å². The van der Waals surface area contributed by atoms with Crippen LogP contribution in [-0.2, 0) is 43.6 Å². The summed E-state index contributed by atoms with van der Waals surface area (Å²) >= 11 is 0. The number of nitrogens with zero attached hydrogens (tertiary/aromatic N) is 2. The molecule has 41 heavy (non-hydrogen) atoms. The van der Waals surface area contributed by atoms with Crippen molar-refractivity contribution in [2.75, 3.05) is 11.9 Å². The van der Waals surface area contributed by atoms with Gasteiger partial charge in [0.25, 0.3) is 0 Å². The Kier molecular flexibility index (Phi) is 9.66. The lowest BCUT2D eigenvalue weighted by molar-refractivity contribution is -0.114. The zero-order chi connectivity index (χ0) is 28.4. The number of carbonyl (C=O) groups is 1. The molecule has 0 saturated carbocycles. The third kappa shape index (κ3) is 7.74. The van der Waals surface area contributed by atoms with Crippen LogP contribution < -0.4 is 11.0 Å². The molecule has 1 N–H and O–H groups in total. The zero-order valence-electron chi connectivity index (χ0n) is 22.8. The van der Waals surface area contributed by atoms with Crippen molar-refractivity contribution in [3.05, 3.63) is 130 Å². The fourth-order valence-corrected chi connectivity index (χ4v) is 4.70. The number of amides is 1. The van der Waals surface area contributed by atoms with Gasteiger partial charge < -0.3 is 24.3 Å². The van der Waals surface area contributed by atoms with Gasteiger partial charge in [-0.1, -0.05) is 91.0 Å². The van der Waals surface area contributed by atoms with E-state index in [1.807, 2.05) is 91.0 Å². The highest BCUT2D eigenvalue weighted by molar-refractivity contribution is 5.87. The predicted molar refractivity (Wildman–Crippen MR) is 153 cm³/mol. The van der Waals surface area contributed by atoms with Crippen LogP contribution in [-0.4, -0.2) is 40.4 Å². The van der Waals surface area contributed by atoms with Crippen molar-refractivity contribution in [1.29, 1.82) is 0 Å². The Bertz CT molecular complexity index is 1450. The zero-order valence-corrected chi connectivity index (χ0v) is 22.8. The molecule has 4 aromatic rings. The van der Waals surface area contributed by atoms with E-state index in [2.05, 4.69) is 10.3 Å². The van der Waals surface area contributed by atoms with E-state index in [1.54, 1.807) is 12.3 Å². The van der Waals surface area contributed by atoms with E-state index in [0.717, 1.165) is 16.7 Å². The molecule has 1 aliphatic heterocycles. The van der Waals surface area contributed by atoms with Crippen molar-refractivity contribution >= 4 is 11.7 Å². The molecule has 1 aromatic heterocycles. The van der Waals surface area contributed by atoms with Gasteiger partial charge in [-0.25, -0.2) is 4.79 Å². The minimum Gasteiger partial charge on any atom is -0.374 e. The summed E-state index contributed by atoms with van der Waals surface area (Å²) in [5.41, 5.74) is 2.43. The van der Waals surface area contributed by atoms with Crippen LogP contribution in [0.1, 0.15) is 29.8 Å². The average molecular weight is 556 g/mol. The topological polar surface area (TPSA) is 101 Å². The van der Waals surface area contributed by atoms with Gasteiger partial charge in [-0.05, 0) is 22.8 Å². The molecule has 0 unspecified atom stereocenters. The van der Waals surface area contributed by atoms with Crippen LogP contribution in [0.15, 0.2) is 108 Å².